The molecule has 176 valence electrons. The molecule has 1 aliphatic heterocycles. The van der Waals surface area contributed by atoms with E-state index in [0.717, 1.165) is 24.1 Å². The van der Waals surface area contributed by atoms with Crippen LogP contribution in [0.5, 0.6) is 0 Å². The molecule has 34 heavy (non-hydrogen) atoms. The van der Waals surface area contributed by atoms with Gasteiger partial charge in [0.05, 0.1) is 11.4 Å². The fourth-order valence-electron chi connectivity index (χ4n) is 4.15. The number of halogens is 3. The van der Waals surface area contributed by atoms with Crippen LogP contribution in [0.2, 0.25) is 0 Å². The Morgan fingerprint density at radius 3 is 2.03 bits per heavy atom. The second-order valence-electron chi connectivity index (χ2n) is 8.90. The van der Waals surface area contributed by atoms with E-state index < -0.39 is 35.4 Å². The molecule has 1 N–H and O–H groups in total. The van der Waals surface area contributed by atoms with Gasteiger partial charge in [-0.15, -0.1) is 0 Å². The fraction of sp³-hybridized carbons (Fsp3) is 0.259. The standard InChI is InChI=1S/C27H25F3N2O2/c1-25(2)27(29,30)26(3,32-23(33)17-34-25)21-16-20(14-15-22(21)28)31-24(18-10-6-4-7-11-18)19-12-8-5-9-13-19/h4-16H,17H2,1-3H3,(H,32,33)/t26-/m1/s1. The topological polar surface area (TPSA) is 50.7 Å². The van der Waals surface area contributed by atoms with E-state index in [0.29, 0.717) is 5.71 Å². The fourth-order valence-corrected chi connectivity index (χ4v) is 4.15. The molecule has 0 unspecified atom stereocenters. The van der Waals surface area contributed by atoms with Gasteiger partial charge in [0, 0.05) is 16.7 Å². The Hall–Kier alpha value is -3.45. The summed E-state index contributed by atoms with van der Waals surface area (Å²) in [6, 6.07) is 22.6. The monoisotopic (exact) mass is 466 g/mol. The molecule has 1 atom stereocenters. The van der Waals surface area contributed by atoms with Gasteiger partial charge in [-0.2, -0.15) is 0 Å². The average molecular weight is 467 g/mol. The Balaban J connectivity index is 1.89. The maximum atomic E-state index is 15.7. The lowest BCUT2D eigenvalue weighted by Crippen LogP contribution is -2.62. The maximum absolute atomic E-state index is 15.7. The Kier molecular flexibility index (Phi) is 6.08. The number of alkyl halides is 2. The molecule has 4 rings (SSSR count). The van der Waals surface area contributed by atoms with E-state index in [1.807, 2.05) is 60.7 Å². The number of aliphatic imine (C=N–C) groups is 1. The van der Waals surface area contributed by atoms with Gasteiger partial charge >= 0.3 is 5.92 Å². The molecule has 0 aliphatic carbocycles. The minimum atomic E-state index is -3.64. The Labute approximate surface area is 196 Å². The highest BCUT2D eigenvalue weighted by molar-refractivity contribution is 6.13. The van der Waals surface area contributed by atoms with Crippen molar-refractivity contribution in [2.75, 3.05) is 6.61 Å². The van der Waals surface area contributed by atoms with E-state index >= 15 is 13.2 Å². The van der Waals surface area contributed by atoms with Crippen LogP contribution in [0.25, 0.3) is 0 Å². The molecule has 1 aliphatic rings. The molecule has 1 heterocycles. The zero-order chi connectivity index (χ0) is 24.6. The number of carbonyl (C=O) groups is 1. The van der Waals surface area contributed by atoms with Crippen molar-refractivity contribution >= 4 is 17.3 Å². The Bertz CT molecular complexity index is 1190. The first-order valence-corrected chi connectivity index (χ1v) is 10.9. The van der Waals surface area contributed by atoms with Crippen LogP contribution in [0, 0.1) is 5.82 Å². The summed E-state index contributed by atoms with van der Waals surface area (Å²) in [6.07, 6.45) is 0. The zero-order valence-corrected chi connectivity index (χ0v) is 19.1. The Morgan fingerprint density at radius 2 is 1.47 bits per heavy atom. The smallest absolute Gasteiger partial charge is 0.302 e. The summed E-state index contributed by atoms with van der Waals surface area (Å²) in [7, 11) is 0. The molecule has 3 aromatic rings. The predicted molar refractivity (Wildman–Crippen MR) is 125 cm³/mol. The van der Waals surface area contributed by atoms with E-state index in [4.69, 9.17) is 9.73 Å². The third-order valence-electron chi connectivity index (χ3n) is 6.16. The first-order chi connectivity index (χ1) is 16.0. The number of carbonyl (C=O) groups excluding carboxylic acids is 1. The van der Waals surface area contributed by atoms with Gasteiger partial charge in [0.1, 0.15) is 23.6 Å². The molecular weight excluding hydrogens is 441 g/mol. The quantitative estimate of drug-likeness (QED) is 0.497. The summed E-state index contributed by atoms with van der Waals surface area (Å²) in [5.74, 6) is -5.27. The van der Waals surface area contributed by atoms with Gasteiger partial charge in [-0.05, 0) is 39.0 Å². The van der Waals surface area contributed by atoms with Crippen LogP contribution in [-0.2, 0) is 15.1 Å². The zero-order valence-electron chi connectivity index (χ0n) is 19.1. The number of nitrogens with one attached hydrogen (secondary N) is 1. The van der Waals surface area contributed by atoms with Crippen LogP contribution in [0.1, 0.15) is 37.5 Å². The normalized spacial score (nSPS) is 21.3. The number of hydrogen-bond donors (Lipinski definition) is 1. The first-order valence-electron chi connectivity index (χ1n) is 10.9. The lowest BCUT2D eigenvalue weighted by molar-refractivity contribution is -0.216. The van der Waals surface area contributed by atoms with Crippen molar-refractivity contribution in [2.45, 2.75) is 37.8 Å². The Morgan fingerprint density at radius 1 is 0.912 bits per heavy atom. The second-order valence-corrected chi connectivity index (χ2v) is 8.90. The summed E-state index contributed by atoms with van der Waals surface area (Å²) in [5.41, 5.74) is -2.25. The SMILES string of the molecule is CC1(C)OCC(=O)N[C@](C)(c2cc(N=C(c3ccccc3)c3ccccc3)ccc2F)C1(F)F. The second kappa shape index (κ2) is 8.72. The number of hydrogen-bond acceptors (Lipinski definition) is 3. The third kappa shape index (κ3) is 4.12. The van der Waals surface area contributed by atoms with Crippen molar-refractivity contribution in [1.29, 1.82) is 0 Å². The van der Waals surface area contributed by atoms with Crippen LogP contribution < -0.4 is 5.32 Å². The highest BCUT2D eigenvalue weighted by Gasteiger charge is 2.64. The lowest BCUT2D eigenvalue weighted by atomic mass is 9.77. The van der Waals surface area contributed by atoms with Crippen LogP contribution in [0.15, 0.2) is 83.9 Å². The van der Waals surface area contributed by atoms with Crippen molar-refractivity contribution in [1.82, 2.24) is 5.32 Å². The van der Waals surface area contributed by atoms with E-state index in [2.05, 4.69) is 5.32 Å². The van der Waals surface area contributed by atoms with Gasteiger partial charge < -0.3 is 10.1 Å². The molecule has 1 fully saturated rings. The van der Waals surface area contributed by atoms with Gasteiger partial charge in [-0.1, -0.05) is 60.7 Å². The van der Waals surface area contributed by atoms with Crippen molar-refractivity contribution < 1.29 is 22.7 Å². The summed E-state index contributed by atoms with van der Waals surface area (Å²) in [5, 5.41) is 2.30. The predicted octanol–water partition coefficient (Wildman–Crippen LogP) is 5.77. The molecule has 0 saturated carbocycles. The summed E-state index contributed by atoms with van der Waals surface area (Å²) in [4.78, 5) is 17.0. The number of nitrogens with zero attached hydrogens (tertiary/aromatic N) is 1. The number of benzene rings is 3. The highest BCUT2D eigenvalue weighted by Crippen LogP contribution is 2.48. The lowest BCUT2D eigenvalue weighted by Gasteiger charge is -2.43. The van der Waals surface area contributed by atoms with Gasteiger partial charge in [-0.25, -0.2) is 18.2 Å². The summed E-state index contributed by atoms with van der Waals surface area (Å²) >= 11 is 0. The summed E-state index contributed by atoms with van der Waals surface area (Å²) < 4.78 is 51.7. The molecule has 0 aromatic heterocycles. The summed E-state index contributed by atoms with van der Waals surface area (Å²) in [6.45, 7) is 2.94. The minimum Gasteiger partial charge on any atom is -0.359 e. The van der Waals surface area contributed by atoms with Crippen LogP contribution >= 0.6 is 0 Å². The number of rotatable bonds is 4. The largest absolute Gasteiger partial charge is 0.359 e. The minimum absolute atomic E-state index is 0.272. The third-order valence-corrected chi connectivity index (χ3v) is 6.16. The average Bonchev–Trinajstić information content (AvgIpc) is 2.88. The van der Waals surface area contributed by atoms with E-state index in [9.17, 15) is 4.79 Å². The molecule has 1 saturated heterocycles. The van der Waals surface area contributed by atoms with E-state index in [1.165, 1.54) is 26.0 Å². The van der Waals surface area contributed by atoms with Gasteiger partial charge in [0.2, 0.25) is 5.91 Å². The molecule has 0 spiro atoms. The van der Waals surface area contributed by atoms with E-state index in [1.54, 1.807) is 0 Å². The molecule has 0 radical (unpaired) electrons. The molecule has 3 aromatic carbocycles. The van der Waals surface area contributed by atoms with E-state index in [-0.39, 0.29) is 11.3 Å². The number of ether oxygens (including phenoxy) is 1. The molecule has 4 nitrogen and oxygen atoms in total. The van der Waals surface area contributed by atoms with Gasteiger partial charge in [0.15, 0.2) is 0 Å². The highest BCUT2D eigenvalue weighted by atomic mass is 19.3. The van der Waals surface area contributed by atoms with Crippen LogP contribution in [-0.4, -0.2) is 29.7 Å². The molecule has 0 bridgehead atoms. The number of amides is 1. The van der Waals surface area contributed by atoms with Gasteiger partial charge in [0.25, 0.3) is 0 Å². The van der Waals surface area contributed by atoms with Gasteiger partial charge in [-0.3, -0.25) is 4.79 Å². The molecule has 1 amide bonds. The van der Waals surface area contributed by atoms with Crippen molar-refractivity contribution in [3.8, 4) is 0 Å². The first kappa shape index (κ1) is 23.7. The van der Waals surface area contributed by atoms with Crippen molar-refractivity contribution in [3.05, 3.63) is 101 Å². The molecular formula is C27H25F3N2O2. The van der Waals surface area contributed by atoms with Crippen LogP contribution in [0.4, 0.5) is 18.9 Å². The molecule has 7 heteroatoms. The van der Waals surface area contributed by atoms with Crippen molar-refractivity contribution in [3.63, 3.8) is 0 Å². The van der Waals surface area contributed by atoms with Crippen LogP contribution in [0.3, 0.4) is 0 Å². The maximum Gasteiger partial charge on any atom is 0.302 e. The van der Waals surface area contributed by atoms with Crippen molar-refractivity contribution in [2.24, 2.45) is 4.99 Å².